The number of hydrogen-bond donors (Lipinski definition) is 1. The SMILES string of the molecule is CCCc1cc(/C=C/C(=O)OCC)ccc1N. The maximum atomic E-state index is 11.2. The lowest BCUT2D eigenvalue weighted by atomic mass is 10.0. The Hall–Kier alpha value is -1.77. The van der Waals surface area contributed by atoms with Crippen LogP contribution in [0.2, 0.25) is 0 Å². The number of carbonyl (C=O) groups excluding carboxylic acids is 1. The molecule has 0 aliphatic carbocycles. The van der Waals surface area contributed by atoms with Gasteiger partial charge in [0, 0.05) is 11.8 Å². The summed E-state index contributed by atoms with van der Waals surface area (Å²) in [6.45, 7) is 4.29. The monoisotopic (exact) mass is 233 g/mol. The number of rotatable bonds is 5. The topological polar surface area (TPSA) is 52.3 Å². The zero-order valence-corrected chi connectivity index (χ0v) is 10.4. The molecule has 92 valence electrons. The second-order valence-corrected chi connectivity index (χ2v) is 3.79. The van der Waals surface area contributed by atoms with Gasteiger partial charge in [-0.2, -0.15) is 0 Å². The second-order valence-electron chi connectivity index (χ2n) is 3.79. The fourth-order valence-electron chi connectivity index (χ4n) is 1.57. The summed E-state index contributed by atoms with van der Waals surface area (Å²) in [4.78, 5) is 11.2. The Morgan fingerprint density at radius 1 is 1.41 bits per heavy atom. The van der Waals surface area contributed by atoms with E-state index in [4.69, 9.17) is 10.5 Å². The molecule has 2 N–H and O–H groups in total. The van der Waals surface area contributed by atoms with Crippen LogP contribution in [-0.4, -0.2) is 12.6 Å². The molecule has 1 rings (SSSR count). The van der Waals surface area contributed by atoms with Crippen LogP contribution in [0.1, 0.15) is 31.4 Å². The van der Waals surface area contributed by atoms with Gasteiger partial charge >= 0.3 is 5.97 Å². The van der Waals surface area contributed by atoms with Crippen molar-refractivity contribution in [2.75, 3.05) is 12.3 Å². The van der Waals surface area contributed by atoms with Crippen molar-refractivity contribution in [1.82, 2.24) is 0 Å². The molecule has 0 amide bonds. The normalized spacial score (nSPS) is 10.7. The summed E-state index contributed by atoms with van der Waals surface area (Å²) in [5, 5.41) is 0. The van der Waals surface area contributed by atoms with Gasteiger partial charge in [-0.05, 0) is 42.7 Å². The van der Waals surface area contributed by atoms with Gasteiger partial charge in [0.2, 0.25) is 0 Å². The summed E-state index contributed by atoms with van der Waals surface area (Å²) in [6, 6.07) is 5.77. The van der Waals surface area contributed by atoms with Gasteiger partial charge in [-0.15, -0.1) is 0 Å². The van der Waals surface area contributed by atoms with Gasteiger partial charge in [0.1, 0.15) is 0 Å². The first kappa shape index (κ1) is 13.3. The Bertz CT molecular complexity index is 411. The minimum absolute atomic E-state index is 0.318. The Morgan fingerprint density at radius 3 is 2.82 bits per heavy atom. The Balaban J connectivity index is 2.78. The molecule has 0 bridgehead atoms. The summed E-state index contributed by atoms with van der Waals surface area (Å²) in [5.74, 6) is -0.318. The quantitative estimate of drug-likeness (QED) is 0.483. The van der Waals surface area contributed by atoms with Crippen molar-refractivity contribution in [3.8, 4) is 0 Å². The van der Waals surface area contributed by atoms with Crippen LogP contribution in [0.25, 0.3) is 6.08 Å². The fraction of sp³-hybridized carbons (Fsp3) is 0.357. The maximum Gasteiger partial charge on any atom is 0.330 e. The molecular weight excluding hydrogens is 214 g/mol. The minimum atomic E-state index is -0.318. The van der Waals surface area contributed by atoms with E-state index >= 15 is 0 Å². The van der Waals surface area contributed by atoms with Gasteiger partial charge in [0.15, 0.2) is 0 Å². The highest BCUT2D eigenvalue weighted by Gasteiger charge is 1.99. The molecule has 0 spiro atoms. The van der Waals surface area contributed by atoms with E-state index in [0.717, 1.165) is 29.7 Å². The molecule has 0 unspecified atom stereocenters. The van der Waals surface area contributed by atoms with Crippen molar-refractivity contribution >= 4 is 17.7 Å². The zero-order chi connectivity index (χ0) is 12.7. The lowest BCUT2D eigenvalue weighted by molar-refractivity contribution is -0.137. The zero-order valence-electron chi connectivity index (χ0n) is 10.4. The largest absolute Gasteiger partial charge is 0.463 e. The second kappa shape index (κ2) is 6.74. The van der Waals surface area contributed by atoms with Crippen LogP contribution in [0.5, 0.6) is 0 Å². The molecule has 17 heavy (non-hydrogen) atoms. The third-order valence-corrected chi connectivity index (χ3v) is 2.38. The molecule has 0 fully saturated rings. The molecule has 0 aliphatic heterocycles. The predicted molar refractivity (Wildman–Crippen MR) is 70.5 cm³/mol. The molecule has 3 heteroatoms. The van der Waals surface area contributed by atoms with Gasteiger partial charge in [-0.1, -0.05) is 19.4 Å². The third-order valence-electron chi connectivity index (χ3n) is 2.38. The van der Waals surface area contributed by atoms with Crippen molar-refractivity contribution in [3.05, 3.63) is 35.4 Å². The third kappa shape index (κ3) is 4.31. The Kier molecular flexibility index (Phi) is 5.27. The average Bonchev–Trinajstić information content (AvgIpc) is 2.31. The number of anilines is 1. The van der Waals surface area contributed by atoms with E-state index in [0.29, 0.717) is 6.61 Å². The average molecular weight is 233 g/mol. The van der Waals surface area contributed by atoms with Gasteiger partial charge in [0.25, 0.3) is 0 Å². The summed E-state index contributed by atoms with van der Waals surface area (Å²) in [6.07, 6.45) is 5.18. The molecule has 1 aromatic carbocycles. The number of carbonyl (C=O) groups is 1. The van der Waals surface area contributed by atoms with Crippen molar-refractivity contribution in [1.29, 1.82) is 0 Å². The predicted octanol–water partition coefficient (Wildman–Crippen LogP) is 2.80. The smallest absolute Gasteiger partial charge is 0.330 e. The first-order chi connectivity index (χ1) is 8.17. The van der Waals surface area contributed by atoms with Crippen LogP contribution in [0, 0.1) is 0 Å². The summed E-state index contributed by atoms with van der Waals surface area (Å²) < 4.78 is 4.81. The molecule has 0 saturated carbocycles. The molecule has 0 aromatic heterocycles. The van der Waals surface area contributed by atoms with Crippen LogP contribution in [0.4, 0.5) is 5.69 Å². The highest BCUT2D eigenvalue weighted by atomic mass is 16.5. The highest BCUT2D eigenvalue weighted by molar-refractivity contribution is 5.87. The maximum absolute atomic E-state index is 11.2. The molecule has 0 aliphatic rings. The Morgan fingerprint density at radius 2 is 2.18 bits per heavy atom. The van der Waals surface area contributed by atoms with E-state index in [-0.39, 0.29) is 5.97 Å². The lowest BCUT2D eigenvalue weighted by Gasteiger charge is -2.05. The number of nitrogen functional groups attached to an aromatic ring is 1. The summed E-state index contributed by atoms with van der Waals surface area (Å²) in [5.41, 5.74) is 8.76. The number of hydrogen-bond acceptors (Lipinski definition) is 3. The van der Waals surface area contributed by atoms with Crippen LogP contribution < -0.4 is 5.73 Å². The molecule has 0 heterocycles. The standard InChI is InChI=1S/C14H19NO2/c1-3-5-12-10-11(6-8-13(12)15)7-9-14(16)17-4-2/h6-10H,3-5,15H2,1-2H3/b9-7+. The van der Waals surface area contributed by atoms with Gasteiger partial charge in [-0.25, -0.2) is 4.79 Å². The molecule has 0 saturated heterocycles. The van der Waals surface area contributed by atoms with Crippen molar-refractivity contribution in [2.24, 2.45) is 0 Å². The number of esters is 1. The van der Waals surface area contributed by atoms with E-state index in [2.05, 4.69) is 6.92 Å². The lowest BCUT2D eigenvalue weighted by Crippen LogP contribution is -1.99. The van der Waals surface area contributed by atoms with Gasteiger partial charge in [-0.3, -0.25) is 0 Å². The Labute approximate surface area is 102 Å². The minimum Gasteiger partial charge on any atom is -0.463 e. The van der Waals surface area contributed by atoms with Gasteiger partial charge in [0.05, 0.1) is 6.61 Å². The van der Waals surface area contributed by atoms with E-state index in [1.54, 1.807) is 13.0 Å². The highest BCUT2D eigenvalue weighted by Crippen LogP contribution is 2.17. The van der Waals surface area contributed by atoms with E-state index in [9.17, 15) is 4.79 Å². The number of benzene rings is 1. The molecule has 1 aromatic rings. The van der Waals surface area contributed by atoms with E-state index in [1.807, 2.05) is 18.2 Å². The van der Waals surface area contributed by atoms with E-state index < -0.39 is 0 Å². The van der Waals surface area contributed by atoms with Crippen LogP contribution in [0.3, 0.4) is 0 Å². The summed E-state index contributed by atoms with van der Waals surface area (Å²) >= 11 is 0. The number of aryl methyl sites for hydroxylation is 1. The van der Waals surface area contributed by atoms with Gasteiger partial charge < -0.3 is 10.5 Å². The first-order valence-corrected chi connectivity index (χ1v) is 5.90. The van der Waals surface area contributed by atoms with Crippen LogP contribution >= 0.6 is 0 Å². The molecule has 3 nitrogen and oxygen atoms in total. The molecular formula is C14H19NO2. The van der Waals surface area contributed by atoms with Crippen molar-refractivity contribution < 1.29 is 9.53 Å². The van der Waals surface area contributed by atoms with Crippen LogP contribution in [-0.2, 0) is 16.0 Å². The summed E-state index contributed by atoms with van der Waals surface area (Å²) in [7, 11) is 0. The first-order valence-electron chi connectivity index (χ1n) is 5.90. The fourth-order valence-corrected chi connectivity index (χ4v) is 1.57. The number of nitrogens with two attached hydrogens (primary N) is 1. The molecule has 0 radical (unpaired) electrons. The van der Waals surface area contributed by atoms with Crippen LogP contribution in [0.15, 0.2) is 24.3 Å². The van der Waals surface area contributed by atoms with Crippen molar-refractivity contribution in [3.63, 3.8) is 0 Å². The molecule has 0 atom stereocenters. The van der Waals surface area contributed by atoms with E-state index in [1.165, 1.54) is 6.08 Å². The number of ether oxygens (including phenoxy) is 1. The van der Waals surface area contributed by atoms with Crippen molar-refractivity contribution in [2.45, 2.75) is 26.7 Å².